The Labute approximate surface area is 107 Å². The Morgan fingerprint density at radius 3 is 2.89 bits per heavy atom. The van der Waals surface area contributed by atoms with E-state index in [0.29, 0.717) is 17.9 Å². The maximum Gasteiger partial charge on any atom is 0.239 e. The highest BCUT2D eigenvalue weighted by Crippen LogP contribution is 2.15. The molecule has 0 bridgehead atoms. The number of hydrogen-bond acceptors (Lipinski definition) is 4. The first-order valence-corrected chi connectivity index (χ1v) is 5.97. The minimum Gasteiger partial charge on any atom is -0.352 e. The molecule has 0 aliphatic rings. The summed E-state index contributed by atoms with van der Waals surface area (Å²) in [4.78, 5) is 17.7. The lowest BCUT2D eigenvalue weighted by Gasteiger charge is -2.22. The number of anilines is 1. The molecule has 18 heavy (non-hydrogen) atoms. The van der Waals surface area contributed by atoms with Crippen molar-refractivity contribution in [3.8, 4) is 6.07 Å². The summed E-state index contributed by atoms with van der Waals surface area (Å²) in [6.45, 7) is 6.58. The topological polar surface area (TPSA) is 69.0 Å². The number of rotatable bonds is 5. The average molecular weight is 246 g/mol. The van der Waals surface area contributed by atoms with Crippen molar-refractivity contribution in [3.63, 3.8) is 0 Å². The standard InChI is InChI=1S/C13H18N4O/c1-4-17(9-12(18)16-10(2)3)13-11(8-14)6-5-7-15-13/h5-7,10H,4,9H2,1-3H3,(H,16,18). The molecule has 0 aliphatic carbocycles. The van der Waals surface area contributed by atoms with Gasteiger partial charge in [0.05, 0.1) is 12.1 Å². The van der Waals surface area contributed by atoms with Gasteiger partial charge in [0.15, 0.2) is 0 Å². The predicted molar refractivity (Wildman–Crippen MR) is 70.1 cm³/mol. The van der Waals surface area contributed by atoms with Crippen LogP contribution in [0.5, 0.6) is 0 Å². The van der Waals surface area contributed by atoms with Crippen molar-refractivity contribution < 1.29 is 4.79 Å². The van der Waals surface area contributed by atoms with Crippen molar-refractivity contribution in [2.75, 3.05) is 18.0 Å². The Balaban J connectivity index is 2.84. The normalized spacial score (nSPS) is 9.94. The summed E-state index contributed by atoms with van der Waals surface area (Å²) >= 11 is 0. The number of amides is 1. The first kappa shape index (κ1) is 14.0. The smallest absolute Gasteiger partial charge is 0.239 e. The number of nitrogens with zero attached hydrogens (tertiary/aromatic N) is 3. The number of carbonyl (C=O) groups excluding carboxylic acids is 1. The molecule has 0 aromatic carbocycles. The summed E-state index contributed by atoms with van der Waals surface area (Å²) in [7, 11) is 0. The largest absolute Gasteiger partial charge is 0.352 e. The van der Waals surface area contributed by atoms with Gasteiger partial charge < -0.3 is 10.2 Å². The van der Waals surface area contributed by atoms with E-state index in [4.69, 9.17) is 5.26 Å². The molecule has 0 aliphatic heterocycles. The molecule has 96 valence electrons. The molecule has 1 heterocycles. The van der Waals surface area contributed by atoms with Crippen LogP contribution in [0.3, 0.4) is 0 Å². The fraction of sp³-hybridized carbons (Fsp3) is 0.462. The third-order valence-corrected chi connectivity index (χ3v) is 2.37. The van der Waals surface area contributed by atoms with Crippen LogP contribution in [0.15, 0.2) is 18.3 Å². The van der Waals surface area contributed by atoms with Gasteiger partial charge in [0.2, 0.25) is 5.91 Å². The van der Waals surface area contributed by atoms with Crippen LogP contribution in [0.1, 0.15) is 26.3 Å². The molecule has 1 amide bonds. The minimum atomic E-state index is -0.0682. The molecule has 0 saturated carbocycles. The van der Waals surface area contributed by atoms with Crippen LogP contribution in [-0.2, 0) is 4.79 Å². The summed E-state index contributed by atoms with van der Waals surface area (Å²) in [5.41, 5.74) is 0.483. The molecule has 0 radical (unpaired) electrons. The van der Waals surface area contributed by atoms with Crippen LogP contribution >= 0.6 is 0 Å². The number of pyridine rings is 1. The van der Waals surface area contributed by atoms with Crippen molar-refractivity contribution in [1.82, 2.24) is 10.3 Å². The number of nitrogens with one attached hydrogen (secondary N) is 1. The zero-order valence-corrected chi connectivity index (χ0v) is 11.0. The molecule has 0 unspecified atom stereocenters. The summed E-state index contributed by atoms with van der Waals surface area (Å²) in [6, 6.07) is 5.61. The molecular formula is C13H18N4O. The van der Waals surface area contributed by atoms with Crippen molar-refractivity contribution in [2.45, 2.75) is 26.8 Å². The van der Waals surface area contributed by atoms with Gasteiger partial charge in [0.25, 0.3) is 0 Å². The molecule has 1 aromatic rings. The highest BCUT2D eigenvalue weighted by Gasteiger charge is 2.14. The Morgan fingerprint density at radius 1 is 1.61 bits per heavy atom. The number of aromatic nitrogens is 1. The number of nitriles is 1. The summed E-state index contributed by atoms with van der Waals surface area (Å²) in [6.07, 6.45) is 1.62. The van der Waals surface area contributed by atoms with E-state index in [1.807, 2.05) is 20.8 Å². The number of likely N-dealkylation sites (N-methyl/N-ethyl adjacent to an activating group) is 1. The van der Waals surface area contributed by atoms with Gasteiger partial charge in [0.1, 0.15) is 11.9 Å². The Hall–Kier alpha value is -2.09. The van der Waals surface area contributed by atoms with Crippen LogP contribution in [0.4, 0.5) is 5.82 Å². The van der Waals surface area contributed by atoms with Crippen molar-refractivity contribution in [1.29, 1.82) is 5.26 Å². The van der Waals surface area contributed by atoms with Crippen LogP contribution in [-0.4, -0.2) is 30.0 Å². The van der Waals surface area contributed by atoms with Gasteiger partial charge >= 0.3 is 0 Å². The maximum atomic E-state index is 11.7. The van der Waals surface area contributed by atoms with Crippen LogP contribution in [0, 0.1) is 11.3 Å². The second-order valence-corrected chi connectivity index (χ2v) is 4.22. The van der Waals surface area contributed by atoms with Gasteiger partial charge in [-0.3, -0.25) is 4.79 Å². The third kappa shape index (κ3) is 3.74. The van der Waals surface area contributed by atoms with Gasteiger partial charge in [-0.25, -0.2) is 4.98 Å². The van der Waals surface area contributed by atoms with Crippen molar-refractivity contribution >= 4 is 11.7 Å². The fourth-order valence-electron chi connectivity index (χ4n) is 1.61. The lowest BCUT2D eigenvalue weighted by atomic mass is 10.2. The Bertz CT molecular complexity index is 451. The summed E-state index contributed by atoms with van der Waals surface area (Å²) < 4.78 is 0. The first-order chi connectivity index (χ1) is 8.58. The molecule has 1 N–H and O–H groups in total. The summed E-state index contributed by atoms with van der Waals surface area (Å²) in [5.74, 6) is 0.489. The summed E-state index contributed by atoms with van der Waals surface area (Å²) in [5, 5.41) is 11.8. The van der Waals surface area contributed by atoms with Crippen molar-refractivity contribution in [2.24, 2.45) is 0 Å². The molecule has 5 nitrogen and oxygen atoms in total. The van der Waals surface area contributed by atoms with Gasteiger partial charge in [-0.2, -0.15) is 5.26 Å². The van der Waals surface area contributed by atoms with Crippen LogP contribution in [0.2, 0.25) is 0 Å². The second kappa shape index (κ2) is 6.60. The monoisotopic (exact) mass is 246 g/mol. The van der Waals surface area contributed by atoms with Gasteiger partial charge in [-0.1, -0.05) is 0 Å². The van der Waals surface area contributed by atoms with E-state index in [9.17, 15) is 4.79 Å². The molecule has 1 aromatic heterocycles. The highest BCUT2D eigenvalue weighted by atomic mass is 16.2. The van der Waals surface area contributed by atoms with Gasteiger partial charge in [0, 0.05) is 18.8 Å². The van der Waals surface area contributed by atoms with E-state index in [2.05, 4.69) is 16.4 Å². The Morgan fingerprint density at radius 2 is 2.33 bits per heavy atom. The quantitative estimate of drug-likeness (QED) is 0.850. The predicted octanol–water partition coefficient (Wildman–Crippen LogP) is 1.30. The highest BCUT2D eigenvalue weighted by molar-refractivity contribution is 5.81. The molecular weight excluding hydrogens is 228 g/mol. The third-order valence-electron chi connectivity index (χ3n) is 2.37. The number of hydrogen-bond donors (Lipinski definition) is 1. The number of carbonyl (C=O) groups is 1. The lowest BCUT2D eigenvalue weighted by molar-refractivity contribution is -0.120. The van der Waals surface area contributed by atoms with E-state index in [0.717, 1.165) is 0 Å². The molecule has 5 heteroatoms. The molecule has 0 atom stereocenters. The molecule has 1 rings (SSSR count). The Kier molecular flexibility index (Phi) is 5.12. The first-order valence-electron chi connectivity index (χ1n) is 5.97. The van der Waals surface area contributed by atoms with Crippen LogP contribution < -0.4 is 10.2 Å². The lowest BCUT2D eigenvalue weighted by Crippen LogP contribution is -2.40. The van der Waals surface area contributed by atoms with E-state index >= 15 is 0 Å². The van der Waals surface area contributed by atoms with E-state index in [1.54, 1.807) is 23.2 Å². The van der Waals surface area contributed by atoms with Gasteiger partial charge in [-0.15, -0.1) is 0 Å². The average Bonchev–Trinajstić information content (AvgIpc) is 2.35. The SMILES string of the molecule is CCN(CC(=O)NC(C)C)c1ncccc1C#N. The zero-order valence-electron chi connectivity index (χ0n) is 11.0. The maximum absolute atomic E-state index is 11.7. The van der Waals surface area contributed by atoms with E-state index < -0.39 is 0 Å². The second-order valence-electron chi connectivity index (χ2n) is 4.22. The fourth-order valence-corrected chi connectivity index (χ4v) is 1.61. The van der Waals surface area contributed by atoms with Crippen molar-refractivity contribution in [3.05, 3.63) is 23.9 Å². The molecule has 0 saturated heterocycles. The molecule has 0 spiro atoms. The van der Waals surface area contributed by atoms with Gasteiger partial charge in [-0.05, 0) is 32.9 Å². The zero-order chi connectivity index (χ0) is 13.5. The minimum absolute atomic E-state index is 0.0682. The van der Waals surface area contributed by atoms with E-state index in [1.165, 1.54) is 0 Å². The van der Waals surface area contributed by atoms with Crippen LogP contribution in [0.25, 0.3) is 0 Å². The molecule has 0 fully saturated rings. The van der Waals surface area contributed by atoms with E-state index in [-0.39, 0.29) is 18.5 Å².